The van der Waals surface area contributed by atoms with Gasteiger partial charge in [-0.05, 0) is 37.3 Å². The maximum absolute atomic E-state index is 4.36. The number of nitrogens with zero attached hydrogens (tertiary/aromatic N) is 2. The van der Waals surface area contributed by atoms with Crippen LogP contribution in [-0.2, 0) is 6.42 Å². The molecule has 0 unspecified atom stereocenters. The maximum atomic E-state index is 4.36. The number of rotatable bonds is 2. The van der Waals surface area contributed by atoms with Crippen LogP contribution in [0.15, 0.2) is 30.6 Å². The lowest BCUT2D eigenvalue weighted by molar-refractivity contribution is 0.795. The van der Waals surface area contributed by atoms with Crippen LogP contribution in [0.2, 0.25) is 0 Å². The van der Waals surface area contributed by atoms with Gasteiger partial charge in [0, 0.05) is 18.1 Å². The standard InChI is InChI=1S/C11H12N2/c1-2-6-13-10(7-9-4-5-9)8-12-11(13)3-1/h1-3,6,8-9H,4-5,7H2. The predicted octanol–water partition coefficient (Wildman–Crippen LogP) is 2.29. The van der Waals surface area contributed by atoms with Crippen LogP contribution < -0.4 is 0 Å². The monoisotopic (exact) mass is 172 g/mol. The number of hydrogen-bond acceptors (Lipinski definition) is 1. The second-order valence-corrected chi connectivity index (χ2v) is 3.83. The first-order chi connectivity index (χ1) is 6.43. The van der Waals surface area contributed by atoms with Gasteiger partial charge < -0.3 is 4.40 Å². The Bertz CT molecular complexity index is 426. The minimum atomic E-state index is 0.931. The van der Waals surface area contributed by atoms with E-state index in [9.17, 15) is 0 Å². The van der Waals surface area contributed by atoms with E-state index in [2.05, 4.69) is 27.7 Å². The Morgan fingerprint density at radius 1 is 1.38 bits per heavy atom. The molecule has 0 spiro atoms. The molecular formula is C11H12N2. The SMILES string of the molecule is c1ccn2c(CC3CC3)cnc2c1. The summed E-state index contributed by atoms with van der Waals surface area (Å²) in [6.07, 6.45) is 8.11. The van der Waals surface area contributed by atoms with Gasteiger partial charge in [-0.15, -0.1) is 0 Å². The highest BCUT2D eigenvalue weighted by Crippen LogP contribution is 2.32. The summed E-state index contributed by atoms with van der Waals surface area (Å²) in [7, 11) is 0. The number of fused-ring (bicyclic) bond motifs is 1. The highest BCUT2D eigenvalue weighted by molar-refractivity contribution is 5.39. The van der Waals surface area contributed by atoms with Gasteiger partial charge in [-0.1, -0.05) is 6.07 Å². The second-order valence-electron chi connectivity index (χ2n) is 3.83. The van der Waals surface area contributed by atoms with Crippen LogP contribution in [0.3, 0.4) is 0 Å². The first kappa shape index (κ1) is 7.13. The largest absolute Gasteiger partial charge is 0.304 e. The van der Waals surface area contributed by atoms with Crippen LogP contribution >= 0.6 is 0 Å². The zero-order valence-corrected chi connectivity index (χ0v) is 7.48. The Kier molecular flexibility index (Phi) is 1.42. The van der Waals surface area contributed by atoms with Crippen molar-refractivity contribution in [2.45, 2.75) is 19.3 Å². The summed E-state index contributed by atoms with van der Waals surface area (Å²) in [4.78, 5) is 4.36. The molecule has 1 saturated carbocycles. The van der Waals surface area contributed by atoms with Crippen LogP contribution in [0.4, 0.5) is 0 Å². The molecule has 2 aromatic heterocycles. The van der Waals surface area contributed by atoms with Crippen molar-refractivity contribution in [3.05, 3.63) is 36.3 Å². The summed E-state index contributed by atoms with van der Waals surface area (Å²) in [5.74, 6) is 0.931. The van der Waals surface area contributed by atoms with Gasteiger partial charge in [0.05, 0.1) is 0 Å². The molecule has 0 aromatic carbocycles. The Labute approximate surface area is 77.2 Å². The van der Waals surface area contributed by atoms with Crippen molar-refractivity contribution in [1.82, 2.24) is 9.38 Å². The minimum Gasteiger partial charge on any atom is -0.304 e. The summed E-state index contributed by atoms with van der Waals surface area (Å²) in [5.41, 5.74) is 2.43. The first-order valence-electron chi connectivity index (χ1n) is 4.84. The zero-order valence-electron chi connectivity index (χ0n) is 7.48. The van der Waals surface area contributed by atoms with Crippen LogP contribution in [0.25, 0.3) is 5.65 Å². The molecule has 2 aromatic rings. The Morgan fingerprint density at radius 3 is 3.15 bits per heavy atom. The number of aromatic nitrogens is 2. The fourth-order valence-corrected chi connectivity index (χ4v) is 1.75. The fourth-order valence-electron chi connectivity index (χ4n) is 1.75. The van der Waals surface area contributed by atoms with E-state index in [0.717, 1.165) is 11.6 Å². The van der Waals surface area contributed by atoms with Crippen LogP contribution in [0.5, 0.6) is 0 Å². The topological polar surface area (TPSA) is 17.3 Å². The van der Waals surface area contributed by atoms with Crippen molar-refractivity contribution in [2.24, 2.45) is 5.92 Å². The summed E-state index contributed by atoms with van der Waals surface area (Å²) >= 11 is 0. The molecular weight excluding hydrogens is 160 g/mol. The molecule has 0 radical (unpaired) electrons. The van der Waals surface area contributed by atoms with Gasteiger partial charge in [0.2, 0.25) is 0 Å². The highest BCUT2D eigenvalue weighted by Gasteiger charge is 2.22. The van der Waals surface area contributed by atoms with E-state index in [-0.39, 0.29) is 0 Å². The van der Waals surface area contributed by atoms with Crippen LogP contribution in [0, 0.1) is 5.92 Å². The van der Waals surface area contributed by atoms with Gasteiger partial charge in [0.1, 0.15) is 5.65 Å². The molecule has 66 valence electrons. The minimum absolute atomic E-state index is 0.931. The second kappa shape index (κ2) is 2.59. The number of hydrogen-bond donors (Lipinski definition) is 0. The van der Waals surface area contributed by atoms with E-state index in [1.165, 1.54) is 25.0 Å². The lowest BCUT2D eigenvalue weighted by Gasteiger charge is -1.98. The predicted molar refractivity (Wildman–Crippen MR) is 51.6 cm³/mol. The number of imidazole rings is 1. The molecule has 0 N–H and O–H groups in total. The molecule has 1 fully saturated rings. The molecule has 13 heavy (non-hydrogen) atoms. The van der Waals surface area contributed by atoms with E-state index in [4.69, 9.17) is 0 Å². The van der Waals surface area contributed by atoms with Crippen molar-refractivity contribution in [3.8, 4) is 0 Å². The third-order valence-electron chi connectivity index (χ3n) is 2.69. The smallest absolute Gasteiger partial charge is 0.136 e. The molecule has 2 nitrogen and oxygen atoms in total. The quantitative estimate of drug-likeness (QED) is 0.679. The fraction of sp³-hybridized carbons (Fsp3) is 0.364. The lowest BCUT2D eigenvalue weighted by atomic mass is 10.2. The van der Waals surface area contributed by atoms with Crippen molar-refractivity contribution >= 4 is 5.65 Å². The normalized spacial score (nSPS) is 16.6. The third kappa shape index (κ3) is 1.22. The first-order valence-corrected chi connectivity index (χ1v) is 4.84. The molecule has 2 heteroatoms. The van der Waals surface area contributed by atoms with Gasteiger partial charge in [-0.3, -0.25) is 0 Å². The van der Waals surface area contributed by atoms with Gasteiger partial charge >= 0.3 is 0 Å². The molecule has 1 aliphatic carbocycles. The van der Waals surface area contributed by atoms with Gasteiger partial charge in [-0.25, -0.2) is 4.98 Å². The van der Waals surface area contributed by atoms with Crippen LogP contribution in [-0.4, -0.2) is 9.38 Å². The summed E-state index contributed by atoms with van der Waals surface area (Å²) < 4.78 is 2.19. The van der Waals surface area contributed by atoms with Crippen molar-refractivity contribution in [3.63, 3.8) is 0 Å². The Balaban J connectivity index is 2.06. The summed E-state index contributed by atoms with van der Waals surface area (Å²) in [6.45, 7) is 0. The van der Waals surface area contributed by atoms with Crippen molar-refractivity contribution < 1.29 is 0 Å². The van der Waals surface area contributed by atoms with E-state index in [1.54, 1.807) is 0 Å². The van der Waals surface area contributed by atoms with Crippen molar-refractivity contribution in [2.75, 3.05) is 0 Å². The number of pyridine rings is 1. The zero-order chi connectivity index (χ0) is 8.67. The molecule has 0 amide bonds. The molecule has 2 heterocycles. The molecule has 0 saturated heterocycles. The van der Waals surface area contributed by atoms with E-state index >= 15 is 0 Å². The van der Waals surface area contributed by atoms with Crippen molar-refractivity contribution in [1.29, 1.82) is 0 Å². The maximum Gasteiger partial charge on any atom is 0.136 e. The van der Waals surface area contributed by atoms with Gasteiger partial charge in [-0.2, -0.15) is 0 Å². The summed E-state index contributed by atoms with van der Waals surface area (Å²) in [5, 5.41) is 0. The summed E-state index contributed by atoms with van der Waals surface area (Å²) in [6, 6.07) is 6.14. The highest BCUT2D eigenvalue weighted by atomic mass is 15.0. The molecule has 0 bridgehead atoms. The molecule has 3 rings (SSSR count). The van der Waals surface area contributed by atoms with E-state index in [0.29, 0.717) is 0 Å². The average Bonchev–Trinajstić information content (AvgIpc) is 2.88. The van der Waals surface area contributed by atoms with E-state index in [1.807, 2.05) is 12.3 Å². The Morgan fingerprint density at radius 2 is 2.31 bits per heavy atom. The molecule has 1 aliphatic rings. The third-order valence-corrected chi connectivity index (χ3v) is 2.69. The average molecular weight is 172 g/mol. The lowest BCUT2D eigenvalue weighted by Crippen LogP contribution is -1.93. The molecule has 0 atom stereocenters. The molecule has 0 aliphatic heterocycles. The van der Waals surface area contributed by atoms with Gasteiger partial charge in [0.15, 0.2) is 0 Å². The van der Waals surface area contributed by atoms with Gasteiger partial charge in [0.25, 0.3) is 0 Å². The van der Waals surface area contributed by atoms with Crippen LogP contribution in [0.1, 0.15) is 18.5 Å². The Hall–Kier alpha value is -1.31. The van der Waals surface area contributed by atoms with E-state index < -0.39 is 0 Å².